The molecule has 0 spiro atoms. The van der Waals surface area contributed by atoms with Gasteiger partial charge in [-0.2, -0.15) is 0 Å². The fourth-order valence-electron chi connectivity index (χ4n) is 2.15. The van der Waals surface area contributed by atoms with Crippen molar-refractivity contribution in [1.29, 1.82) is 0 Å². The largest absolute Gasteiger partial charge is 0.381 e. The zero-order valence-electron chi connectivity index (χ0n) is 8.47. The summed E-state index contributed by atoms with van der Waals surface area (Å²) in [6.45, 7) is 8.45. The van der Waals surface area contributed by atoms with Gasteiger partial charge in [0.15, 0.2) is 0 Å². The van der Waals surface area contributed by atoms with Crippen LogP contribution < -0.4 is 0 Å². The number of hydrogen-bond donors (Lipinski definition) is 0. The van der Waals surface area contributed by atoms with E-state index in [-0.39, 0.29) is 0 Å². The lowest BCUT2D eigenvalue weighted by Crippen LogP contribution is -2.30. The molecule has 0 amide bonds. The highest BCUT2D eigenvalue weighted by Crippen LogP contribution is 2.33. The predicted octanol–water partition coefficient (Wildman–Crippen LogP) is 3.01. The van der Waals surface area contributed by atoms with Crippen molar-refractivity contribution in [3.8, 4) is 0 Å². The maximum absolute atomic E-state index is 5.47. The van der Waals surface area contributed by atoms with Crippen molar-refractivity contribution in [3.05, 3.63) is 12.2 Å². The number of hydrogen-bond acceptors (Lipinski definition) is 1. The third-order valence-corrected chi connectivity index (χ3v) is 2.99. The first kappa shape index (κ1) is 9.79. The molecule has 3 atom stereocenters. The first-order valence-corrected chi connectivity index (χ1v) is 4.83. The molecule has 0 aromatic rings. The SMILES string of the molecule is C=C(C)C1CCC(C)CC1OC. The summed E-state index contributed by atoms with van der Waals surface area (Å²) in [5.74, 6) is 1.43. The smallest absolute Gasteiger partial charge is 0.0638 e. The minimum absolute atomic E-state index is 0.422. The average molecular weight is 168 g/mol. The lowest BCUT2D eigenvalue weighted by atomic mass is 9.78. The van der Waals surface area contributed by atoms with E-state index >= 15 is 0 Å². The summed E-state index contributed by atoms with van der Waals surface area (Å²) in [5.41, 5.74) is 1.29. The van der Waals surface area contributed by atoms with Crippen LogP contribution in [0.1, 0.15) is 33.1 Å². The number of rotatable bonds is 2. The first-order valence-electron chi connectivity index (χ1n) is 4.83. The van der Waals surface area contributed by atoms with Crippen LogP contribution in [-0.2, 0) is 4.74 Å². The van der Waals surface area contributed by atoms with Crippen molar-refractivity contribution in [3.63, 3.8) is 0 Å². The molecule has 12 heavy (non-hydrogen) atoms. The second-order valence-corrected chi connectivity index (χ2v) is 4.15. The van der Waals surface area contributed by atoms with Gasteiger partial charge < -0.3 is 4.74 Å². The van der Waals surface area contributed by atoms with Crippen LogP contribution in [0, 0.1) is 11.8 Å². The van der Waals surface area contributed by atoms with Crippen LogP contribution in [0.2, 0.25) is 0 Å². The Morgan fingerprint density at radius 2 is 2.08 bits per heavy atom. The Morgan fingerprint density at radius 1 is 1.42 bits per heavy atom. The molecule has 0 aromatic carbocycles. The van der Waals surface area contributed by atoms with Gasteiger partial charge in [-0.25, -0.2) is 0 Å². The normalized spacial score (nSPS) is 36.4. The van der Waals surface area contributed by atoms with Crippen LogP contribution in [0.4, 0.5) is 0 Å². The van der Waals surface area contributed by atoms with Crippen molar-refractivity contribution in [1.82, 2.24) is 0 Å². The predicted molar refractivity (Wildman–Crippen MR) is 52.1 cm³/mol. The fourth-order valence-corrected chi connectivity index (χ4v) is 2.15. The quantitative estimate of drug-likeness (QED) is 0.576. The first-order chi connectivity index (χ1) is 5.65. The molecule has 0 heterocycles. The van der Waals surface area contributed by atoms with E-state index in [2.05, 4.69) is 20.4 Å². The molecule has 0 saturated heterocycles. The van der Waals surface area contributed by atoms with Gasteiger partial charge in [-0.05, 0) is 32.1 Å². The lowest BCUT2D eigenvalue weighted by molar-refractivity contribution is 0.0213. The maximum Gasteiger partial charge on any atom is 0.0638 e. The highest BCUT2D eigenvalue weighted by molar-refractivity contribution is 5.01. The summed E-state index contributed by atoms with van der Waals surface area (Å²) in [5, 5.41) is 0. The molecular formula is C11H20O. The molecule has 0 aromatic heterocycles. The van der Waals surface area contributed by atoms with E-state index in [1.54, 1.807) is 0 Å². The van der Waals surface area contributed by atoms with E-state index in [9.17, 15) is 0 Å². The van der Waals surface area contributed by atoms with Gasteiger partial charge in [0.05, 0.1) is 6.10 Å². The lowest BCUT2D eigenvalue weighted by Gasteiger charge is -2.34. The molecule has 3 unspecified atom stereocenters. The van der Waals surface area contributed by atoms with Crippen LogP contribution in [0.3, 0.4) is 0 Å². The van der Waals surface area contributed by atoms with Crippen molar-refractivity contribution in [2.24, 2.45) is 11.8 Å². The number of ether oxygens (including phenoxy) is 1. The van der Waals surface area contributed by atoms with E-state index in [1.807, 2.05) is 7.11 Å². The molecule has 1 aliphatic carbocycles. The van der Waals surface area contributed by atoms with E-state index in [4.69, 9.17) is 4.74 Å². The van der Waals surface area contributed by atoms with Gasteiger partial charge >= 0.3 is 0 Å². The Morgan fingerprint density at radius 3 is 2.58 bits per heavy atom. The van der Waals surface area contributed by atoms with E-state index in [1.165, 1.54) is 24.8 Å². The third kappa shape index (κ3) is 2.10. The summed E-state index contributed by atoms with van der Waals surface area (Å²) in [4.78, 5) is 0. The standard InChI is InChI=1S/C11H20O/c1-8(2)10-6-5-9(3)7-11(10)12-4/h9-11H,1,5-7H2,2-4H3. The molecule has 0 N–H and O–H groups in total. The Bertz CT molecular complexity index is 162. The zero-order chi connectivity index (χ0) is 9.14. The minimum atomic E-state index is 0.422. The van der Waals surface area contributed by atoms with Gasteiger partial charge in [-0.1, -0.05) is 19.1 Å². The van der Waals surface area contributed by atoms with Crippen LogP contribution >= 0.6 is 0 Å². The summed E-state index contributed by atoms with van der Waals surface area (Å²) in [6, 6.07) is 0. The topological polar surface area (TPSA) is 9.23 Å². The van der Waals surface area contributed by atoms with Crippen molar-refractivity contribution < 1.29 is 4.74 Å². The summed E-state index contributed by atoms with van der Waals surface area (Å²) < 4.78 is 5.47. The summed E-state index contributed by atoms with van der Waals surface area (Å²) >= 11 is 0. The van der Waals surface area contributed by atoms with E-state index in [0.29, 0.717) is 12.0 Å². The second-order valence-electron chi connectivity index (χ2n) is 4.15. The molecule has 0 radical (unpaired) electrons. The molecule has 1 saturated carbocycles. The third-order valence-electron chi connectivity index (χ3n) is 2.99. The monoisotopic (exact) mass is 168 g/mol. The van der Waals surface area contributed by atoms with Gasteiger partial charge in [0.25, 0.3) is 0 Å². The Balaban J connectivity index is 2.56. The molecule has 1 fully saturated rings. The van der Waals surface area contributed by atoms with Gasteiger partial charge in [0.2, 0.25) is 0 Å². The van der Waals surface area contributed by atoms with Crippen molar-refractivity contribution >= 4 is 0 Å². The molecular weight excluding hydrogens is 148 g/mol. The molecule has 1 rings (SSSR count). The number of methoxy groups -OCH3 is 1. The van der Waals surface area contributed by atoms with Crippen molar-refractivity contribution in [2.75, 3.05) is 7.11 Å². The van der Waals surface area contributed by atoms with Gasteiger partial charge in [0.1, 0.15) is 0 Å². The molecule has 0 aliphatic heterocycles. The van der Waals surface area contributed by atoms with E-state index < -0.39 is 0 Å². The summed E-state index contributed by atoms with van der Waals surface area (Å²) in [7, 11) is 1.82. The van der Waals surface area contributed by atoms with Gasteiger partial charge in [-0.3, -0.25) is 0 Å². The zero-order valence-corrected chi connectivity index (χ0v) is 8.47. The highest BCUT2D eigenvalue weighted by atomic mass is 16.5. The molecule has 1 nitrogen and oxygen atoms in total. The highest BCUT2D eigenvalue weighted by Gasteiger charge is 2.28. The van der Waals surface area contributed by atoms with Gasteiger partial charge in [-0.15, -0.1) is 0 Å². The molecule has 1 heteroatoms. The molecule has 1 aliphatic rings. The van der Waals surface area contributed by atoms with Gasteiger partial charge in [0, 0.05) is 13.0 Å². The molecule has 70 valence electrons. The molecule has 0 bridgehead atoms. The Hall–Kier alpha value is -0.300. The minimum Gasteiger partial charge on any atom is -0.381 e. The van der Waals surface area contributed by atoms with Crippen LogP contribution in [0.25, 0.3) is 0 Å². The van der Waals surface area contributed by atoms with Crippen LogP contribution in [0.15, 0.2) is 12.2 Å². The van der Waals surface area contributed by atoms with E-state index in [0.717, 1.165) is 5.92 Å². The second kappa shape index (κ2) is 4.08. The Labute approximate surface area is 75.8 Å². The maximum atomic E-state index is 5.47. The van der Waals surface area contributed by atoms with Crippen molar-refractivity contribution in [2.45, 2.75) is 39.2 Å². The fraction of sp³-hybridized carbons (Fsp3) is 0.818. The summed E-state index contributed by atoms with van der Waals surface area (Å²) in [6.07, 6.45) is 4.21. The average Bonchev–Trinajstić information content (AvgIpc) is 2.03. The Kier molecular flexibility index (Phi) is 3.33. The van der Waals surface area contributed by atoms with Crippen LogP contribution in [-0.4, -0.2) is 13.2 Å². The van der Waals surface area contributed by atoms with Crippen LogP contribution in [0.5, 0.6) is 0 Å².